The van der Waals surface area contributed by atoms with E-state index in [0.29, 0.717) is 24.2 Å². The molecule has 1 heterocycles. The number of carbonyl (C=O) groups excluding carboxylic acids is 3. The van der Waals surface area contributed by atoms with E-state index in [1.54, 1.807) is 36.2 Å². The third-order valence-electron chi connectivity index (χ3n) is 4.49. The van der Waals surface area contributed by atoms with E-state index in [2.05, 4.69) is 5.32 Å². The number of aliphatic hydroxyl groups is 1. The van der Waals surface area contributed by atoms with Crippen LogP contribution < -0.4 is 10.2 Å². The topological polar surface area (TPSA) is 89.9 Å². The van der Waals surface area contributed by atoms with Crippen LogP contribution in [0, 0.1) is 0 Å². The van der Waals surface area contributed by atoms with Gasteiger partial charge in [-0.2, -0.15) is 0 Å². The van der Waals surface area contributed by atoms with Gasteiger partial charge in [0.15, 0.2) is 0 Å². The van der Waals surface area contributed by atoms with Gasteiger partial charge < -0.3 is 10.0 Å². The summed E-state index contributed by atoms with van der Waals surface area (Å²) in [5, 5.41) is 12.4. The van der Waals surface area contributed by atoms with Crippen molar-refractivity contribution in [2.24, 2.45) is 0 Å². The summed E-state index contributed by atoms with van der Waals surface area (Å²) >= 11 is 0. The van der Waals surface area contributed by atoms with E-state index in [9.17, 15) is 19.5 Å². The number of hydrogen-bond acceptors (Lipinski definition) is 4. The van der Waals surface area contributed by atoms with Crippen molar-refractivity contribution in [3.8, 4) is 0 Å². The Kier molecular flexibility index (Phi) is 5.52. The van der Waals surface area contributed by atoms with Crippen LogP contribution >= 0.6 is 0 Å². The zero-order valence-electron chi connectivity index (χ0n) is 15.0. The Balaban J connectivity index is 1.58. The van der Waals surface area contributed by atoms with Crippen molar-refractivity contribution in [3.63, 3.8) is 0 Å². The van der Waals surface area contributed by atoms with Gasteiger partial charge in [-0.15, -0.1) is 0 Å². The first-order valence-corrected chi connectivity index (χ1v) is 8.65. The molecule has 7 nitrogen and oxygen atoms in total. The van der Waals surface area contributed by atoms with Crippen LogP contribution in [0.4, 0.5) is 10.5 Å². The van der Waals surface area contributed by atoms with Crippen molar-refractivity contribution in [2.75, 3.05) is 25.0 Å². The summed E-state index contributed by atoms with van der Waals surface area (Å²) in [5.74, 6) is -0.527. The highest BCUT2D eigenvalue weighted by atomic mass is 16.3. The molecule has 140 valence electrons. The first kappa shape index (κ1) is 18.6. The molecular formula is C20H21N3O4. The van der Waals surface area contributed by atoms with Gasteiger partial charge in [0.25, 0.3) is 5.91 Å². The fraction of sp³-hybridized carbons (Fsp3) is 0.250. The number of nitrogens with zero attached hydrogens (tertiary/aromatic N) is 2. The molecule has 0 bridgehead atoms. The van der Waals surface area contributed by atoms with E-state index < -0.39 is 12.1 Å². The summed E-state index contributed by atoms with van der Waals surface area (Å²) in [4.78, 5) is 38.4. The summed E-state index contributed by atoms with van der Waals surface area (Å²) in [6.45, 7) is 0.378. The van der Waals surface area contributed by atoms with Gasteiger partial charge >= 0.3 is 6.03 Å². The van der Waals surface area contributed by atoms with Crippen LogP contribution in [0.25, 0.3) is 0 Å². The second kappa shape index (κ2) is 8.01. The van der Waals surface area contributed by atoms with Gasteiger partial charge in [0.05, 0.1) is 6.10 Å². The lowest BCUT2D eigenvalue weighted by atomic mass is 10.1. The molecule has 2 aromatic carbocycles. The van der Waals surface area contributed by atoms with Crippen molar-refractivity contribution in [1.29, 1.82) is 0 Å². The van der Waals surface area contributed by atoms with Gasteiger partial charge in [0, 0.05) is 24.8 Å². The van der Waals surface area contributed by atoms with E-state index in [4.69, 9.17) is 0 Å². The molecule has 0 aromatic heterocycles. The van der Waals surface area contributed by atoms with Gasteiger partial charge in [0.2, 0.25) is 5.91 Å². The predicted molar refractivity (Wildman–Crippen MR) is 100 cm³/mol. The number of hydrogen-bond donors (Lipinski definition) is 2. The highest BCUT2D eigenvalue weighted by molar-refractivity contribution is 6.12. The van der Waals surface area contributed by atoms with Gasteiger partial charge in [-0.25, -0.2) is 4.79 Å². The average molecular weight is 367 g/mol. The van der Waals surface area contributed by atoms with Crippen LogP contribution in [-0.2, 0) is 4.79 Å². The van der Waals surface area contributed by atoms with E-state index in [1.165, 1.54) is 4.90 Å². The van der Waals surface area contributed by atoms with Crippen LogP contribution in [0.3, 0.4) is 0 Å². The van der Waals surface area contributed by atoms with Crippen LogP contribution in [0.1, 0.15) is 28.4 Å². The molecule has 1 fully saturated rings. The number of nitrogens with one attached hydrogen (secondary N) is 1. The molecule has 0 aliphatic carbocycles. The summed E-state index contributed by atoms with van der Waals surface area (Å²) in [5.41, 5.74) is 1.85. The van der Waals surface area contributed by atoms with E-state index in [-0.39, 0.29) is 18.4 Å². The molecule has 2 aromatic rings. The Bertz CT molecular complexity index is 836. The summed E-state index contributed by atoms with van der Waals surface area (Å²) in [7, 11) is 1.68. The monoisotopic (exact) mass is 367 g/mol. The van der Waals surface area contributed by atoms with Crippen LogP contribution in [0.5, 0.6) is 0 Å². The van der Waals surface area contributed by atoms with E-state index in [1.807, 2.05) is 30.3 Å². The first-order chi connectivity index (χ1) is 13.0. The average Bonchev–Trinajstić information content (AvgIpc) is 3.04. The van der Waals surface area contributed by atoms with E-state index >= 15 is 0 Å². The minimum atomic E-state index is -0.630. The molecule has 4 amide bonds. The van der Waals surface area contributed by atoms with Crippen molar-refractivity contribution in [2.45, 2.75) is 12.5 Å². The molecule has 1 unspecified atom stereocenters. The summed E-state index contributed by atoms with van der Waals surface area (Å²) < 4.78 is 0. The maximum absolute atomic E-state index is 12.5. The van der Waals surface area contributed by atoms with Crippen molar-refractivity contribution >= 4 is 23.5 Å². The maximum atomic E-state index is 12.5. The Morgan fingerprint density at radius 3 is 2.41 bits per heavy atom. The molecular weight excluding hydrogens is 346 g/mol. The van der Waals surface area contributed by atoms with E-state index in [0.717, 1.165) is 5.56 Å². The van der Waals surface area contributed by atoms with Crippen molar-refractivity contribution in [3.05, 3.63) is 65.7 Å². The number of carbonyl (C=O) groups is 3. The summed E-state index contributed by atoms with van der Waals surface area (Å²) in [6.07, 6.45) is -0.199. The number of aliphatic hydroxyl groups excluding tert-OH is 1. The lowest BCUT2D eigenvalue weighted by molar-refractivity contribution is -0.117. The van der Waals surface area contributed by atoms with Gasteiger partial charge in [0.1, 0.15) is 6.54 Å². The zero-order chi connectivity index (χ0) is 19.4. The second-order valence-corrected chi connectivity index (χ2v) is 6.43. The molecule has 2 N–H and O–H groups in total. The molecule has 0 radical (unpaired) electrons. The van der Waals surface area contributed by atoms with Gasteiger partial charge in [-0.3, -0.25) is 19.8 Å². The number of urea groups is 1. The molecule has 0 saturated carbocycles. The molecule has 7 heteroatoms. The molecule has 27 heavy (non-hydrogen) atoms. The Hall–Kier alpha value is -3.19. The van der Waals surface area contributed by atoms with Crippen LogP contribution in [-0.4, -0.2) is 48.0 Å². The highest BCUT2D eigenvalue weighted by Gasteiger charge is 2.28. The number of rotatable bonds is 6. The normalized spacial score (nSPS) is 14.8. The minimum Gasteiger partial charge on any atom is -0.388 e. The SMILES string of the molecule is CN(CCC(O)c1ccccc1)C(=O)c1ccc(N2CC(=O)NC2=O)cc1. The number of benzene rings is 2. The fourth-order valence-corrected chi connectivity index (χ4v) is 2.91. The highest BCUT2D eigenvalue weighted by Crippen LogP contribution is 2.19. The Morgan fingerprint density at radius 2 is 1.81 bits per heavy atom. The third-order valence-corrected chi connectivity index (χ3v) is 4.49. The lowest BCUT2D eigenvalue weighted by Gasteiger charge is -2.20. The third kappa shape index (κ3) is 4.32. The zero-order valence-corrected chi connectivity index (χ0v) is 15.0. The molecule has 0 spiro atoms. The fourth-order valence-electron chi connectivity index (χ4n) is 2.91. The summed E-state index contributed by atoms with van der Waals surface area (Å²) in [6, 6.07) is 15.4. The molecule has 1 atom stereocenters. The standard InChI is InChI=1S/C20H21N3O4/c1-22(12-11-17(24)14-5-3-2-4-6-14)19(26)15-7-9-16(10-8-15)23-13-18(25)21-20(23)27/h2-10,17,24H,11-13H2,1H3,(H,21,25,27). The molecule has 1 aliphatic rings. The predicted octanol–water partition coefficient (Wildman–Crippen LogP) is 1.94. The smallest absolute Gasteiger partial charge is 0.329 e. The van der Waals surface area contributed by atoms with Crippen LogP contribution in [0.2, 0.25) is 0 Å². The molecule has 3 rings (SSSR count). The minimum absolute atomic E-state index is 0.0244. The largest absolute Gasteiger partial charge is 0.388 e. The second-order valence-electron chi connectivity index (χ2n) is 6.43. The number of amides is 4. The maximum Gasteiger partial charge on any atom is 0.329 e. The van der Waals surface area contributed by atoms with Crippen molar-refractivity contribution < 1.29 is 19.5 Å². The Morgan fingerprint density at radius 1 is 1.15 bits per heavy atom. The first-order valence-electron chi connectivity index (χ1n) is 8.65. The number of imide groups is 1. The lowest BCUT2D eigenvalue weighted by Crippen LogP contribution is -2.29. The van der Waals surface area contributed by atoms with Crippen LogP contribution in [0.15, 0.2) is 54.6 Å². The van der Waals surface area contributed by atoms with Crippen molar-refractivity contribution in [1.82, 2.24) is 10.2 Å². The quantitative estimate of drug-likeness (QED) is 0.764. The Labute approximate surface area is 157 Å². The van der Waals surface area contributed by atoms with Gasteiger partial charge in [-0.1, -0.05) is 30.3 Å². The van der Waals surface area contributed by atoms with Gasteiger partial charge in [-0.05, 0) is 36.2 Å². The molecule has 1 aliphatic heterocycles. The number of anilines is 1. The molecule has 1 saturated heterocycles.